The van der Waals surface area contributed by atoms with E-state index in [1.807, 2.05) is 19.9 Å². The van der Waals surface area contributed by atoms with Crippen LogP contribution in [0.4, 0.5) is 5.69 Å². The lowest BCUT2D eigenvalue weighted by atomic mass is 10.2. The third-order valence-corrected chi connectivity index (χ3v) is 4.99. The summed E-state index contributed by atoms with van der Waals surface area (Å²) in [6.45, 7) is 3.96. The van der Waals surface area contributed by atoms with Gasteiger partial charge in [0, 0.05) is 11.3 Å². The highest BCUT2D eigenvalue weighted by molar-refractivity contribution is 6.04. The lowest BCUT2D eigenvalue weighted by molar-refractivity contribution is 0.0734. The van der Waals surface area contributed by atoms with E-state index >= 15 is 0 Å². The summed E-state index contributed by atoms with van der Waals surface area (Å²) in [4.78, 5) is 24.8. The first kappa shape index (κ1) is 21.8. The largest absolute Gasteiger partial charge is 0.489 e. The van der Waals surface area contributed by atoms with Crippen molar-refractivity contribution < 1.29 is 23.6 Å². The third kappa shape index (κ3) is 5.46. The predicted molar refractivity (Wildman–Crippen MR) is 123 cm³/mol. The molecule has 7 heteroatoms. The molecule has 4 aromatic rings. The van der Waals surface area contributed by atoms with Crippen LogP contribution < -0.4 is 14.8 Å². The number of benzene rings is 3. The molecule has 0 aliphatic carbocycles. The summed E-state index contributed by atoms with van der Waals surface area (Å²) in [5, 5.41) is 6.71. The molecule has 0 aliphatic heterocycles. The molecule has 1 heterocycles. The van der Waals surface area contributed by atoms with Crippen molar-refractivity contribution in [3.63, 3.8) is 0 Å². The number of esters is 1. The van der Waals surface area contributed by atoms with E-state index in [0.29, 0.717) is 34.1 Å². The number of nitrogens with zero attached hydrogens (tertiary/aromatic N) is 1. The normalized spacial score (nSPS) is 10.5. The van der Waals surface area contributed by atoms with E-state index in [0.717, 1.165) is 11.3 Å². The highest BCUT2D eigenvalue weighted by Gasteiger charge is 2.13. The van der Waals surface area contributed by atoms with Crippen LogP contribution in [0.1, 0.15) is 37.7 Å². The van der Waals surface area contributed by atoms with E-state index in [1.54, 1.807) is 72.8 Å². The van der Waals surface area contributed by atoms with Gasteiger partial charge in [0.25, 0.3) is 5.91 Å². The molecule has 0 bridgehead atoms. The highest BCUT2D eigenvalue weighted by atomic mass is 16.5. The van der Waals surface area contributed by atoms with Gasteiger partial charge < -0.3 is 19.3 Å². The molecule has 33 heavy (non-hydrogen) atoms. The Morgan fingerprint density at radius 2 is 1.61 bits per heavy atom. The summed E-state index contributed by atoms with van der Waals surface area (Å²) in [7, 11) is 0. The number of hydrogen-bond acceptors (Lipinski definition) is 6. The van der Waals surface area contributed by atoms with Crippen LogP contribution in [0.15, 0.2) is 83.4 Å². The summed E-state index contributed by atoms with van der Waals surface area (Å²) >= 11 is 0. The Balaban J connectivity index is 1.36. The molecule has 3 aromatic carbocycles. The Bertz CT molecular complexity index is 1240. The van der Waals surface area contributed by atoms with Gasteiger partial charge in [0.05, 0.1) is 16.8 Å². The van der Waals surface area contributed by atoms with Gasteiger partial charge in [0.15, 0.2) is 0 Å². The summed E-state index contributed by atoms with van der Waals surface area (Å²) in [6, 6.07) is 22.3. The van der Waals surface area contributed by atoms with Crippen LogP contribution in [0.5, 0.6) is 11.5 Å². The number of anilines is 1. The minimum Gasteiger partial charge on any atom is -0.489 e. The van der Waals surface area contributed by atoms with Crippen molar-refractivity contribution in [1.82, 2.24) is 5.16 Å². The molecule has 0 atom stereocenters. The molecule has 4 rings (SSSR count). The minimum atomic E-state index is -0.515. The molecule has 0 radical (unpaired) electrons. The van der Waals surface area contributed by atoms with Crippen molar-refractivity contribution in [2.75, 3.05) is 5.32 Å². The van der Waals surface area contributed by atoms with E-state index in [2.05, 4.69) is 10.5 Å². The van der Waals surface area contributed by atoms with Gasteiger partial charge in [-0.1, -0.05) is 29.4 Å². The van der Waals surface area contributed by atoms with Crippen LogP contribution in [0.3, 0.4) is 0 Å². The first-order chi connectivity index (χ1) is 16.0. The van der Waals surface area contributed by atoms with Gasteiger partial charge >= 0.3 is 5.97 Å². The summed E-state index contributed by atoms with van der Waals surface area (Å²) in [6.07, 6.45) is 0. The fourth-order valence-corrected chi connectivity index (χ4v) is 3.14. The molecule has 0 unspecified atom stereocenters. The van der Waals surface area contributed by atoms with Gasteiger partial charge in [-0.25, -0.2) is 4.79 Å². The first-order valence-corrected chi connectivity index (χ1v) is 10.3. The first-order valence-electron chi connectivity index (χ1n) is 10.3. The maximum Gasteiger partial charge on any atom is 0.343 e. The number of ether oxygens (including phenoxy) is 2. The van der Waals surface area contributed by atoms with Gasteiger partial charge in [-0.15, -0.1) is 0 Å². The molecule has 0 aliphatic rings. The molecule has 0 saturated carbocycles. The van der Waals surface area contributed by atoms with Gasteiger partial charge in [-0.05, 0) is 68.4 Å². The van der Waals surface area contributed by atoms with E-state index in [4.69, 9.17) is 14.0 Å². The average molecular weight is 442 g/mol. The van der Waals surface area contributed by atoms with Crippen molar-refractivity contribution in [2.24, 2.45) is 0 Å². The van der Waals surface area contributed by atoms with Gasteiger partial charge in [0.1, 0.15) is 23.9 Å². The fraction of sp³-hybridized carbons (Fsp3) is 0.115. The third-order valence-electron chi connectivity index (χ3n) is 4.99. The SMILES string of the molecule is Cc1noc(C)c1COc1cccc(C(=O)Oc2ccc(NC(=O)c3ccccc3)cc2)c1. The topological polar surface area (TPSA) is 90.7 Å². The molecule has 1 aromatic heterocycles. The number of aromatic nitrogens is 1. The maximum absolute atomic E-state index is 12.6. The van der Waals surface area contributed by atoms with Crippen LogP contribution in [0.2, 0.25) is 0 Å². The molecule has 0 saturated heterocycles. The van der Waals surface area contributed by atoms with Crippen molar-refractivity contribution >= 4 is 17.6 Å². The van der Waals surface area contributed by atoms with Crippen LogP contribution in [0, 0.1) is 13.8 Å². The van der Waals surface area contributed by atoms with E-state index < -0.39 is 5.97 Å². The Hall–Kier alpha value is -4.39. The number of rotatable bonds is 7. The molecule has 0 spiro atoms. The number of carbonyl (C=O) groups is 2. The Morgan fingerprint density at radius 1 is 0.879 bits per heavy atom. The van der Waals surface area contributed by atoms with Crippen LogP contribution in [-0.4, -0.2) is 17.0 Å². The van der Waals surface area contributed by atoms with Gasteiger partial charge in [-0.3, -0.25) is 4.79 Å². The number of nitrogens with one attached hydrogen (secondary N) is 1. The summed E-state index contributed by atoms with van der Waals surface area (Å²) in [5.41, 5.74) is 3.16. The van der Waals surface area contributed by atoms with Crippen molar-refractivity contribution in [3.05, 3.63) is 107 Å². The number of hydrogen-bond donors (Lipinski definition) is 1. The Labute approximate surface area is 190 Å². The predicted octanol–water partition coefficient (Wildman–Crippen LogP) is 5.34. The summed E-state index contributed by atoms with van der Waals surface area (Å²) < 4.78 is 16.4. The number of carbonyl (C=O) groups excluding carboxylic acids is 2. The lowest BCUT2D eigenvalue weighted by Gasteiger charge is -2.09. The molecule has 1 N–H and O–H groups in total. The number of aryl methyl sites for hydroxylation is 2. The summed E-state index contributed by atoms with van der Waals surface area (Å²) in [5.74, 6) is 0.863. The van der Waals surface area contributed by atoms with Crippen molar-refractivity contribution in [3.8, 4) is 11.5 Å². The Kier molecular flexibility index (Phi) is 6.50. The monoisotopic (exact) mass is 442 g/mol. The van der Waals surface area contributed by atoms with Crippen LogP contribution >= 0.6 is 0 Å². The smallest absolute Gasteiger partial charge is 0.343 e. The van der Waals surface area contributed by atoms with Crippen LogP contribution in [0.25, 0.3) is 0 Å². The van der Waals surface area contributed by atoms with Crippen LogP contribution in [-0.2, 0) is 6.61 Å². The van der Waals surface area contributed by atoms with E-state index in [-0.39, 0.29) is 12.5 Å². The zero-order chi connectivity index (χ0) is 23.2. The fourth-order valence-electron chi connectivity index (χ4n) is 3.14. The average Bonchev–Trinajstić information content (AvgIpc) is 3.16. The molecule has 7 nitrogen and oxygen atoms in total. The van der Waals surface area contributed by atoms with Crippen molar-refractivity contribution in [2.45, 2.75) is 20.5 Å². The maximum atomic E-state index is 12.6. The molecule has 166 valence electrons. The standard InChI is InChI=1S/C26H22N2O5/c1-17-24(18(2)33-28-17)16-31-23-10-6-9-20(15-23)26(30)32-22-13-11-21(12-14-22)27-25(29)19-7-4-3-5-8-19/h3-15H,16H2,1-2H3,(H,27,29). The second-order valence-electron chi connectivity index (χ2n) is 7.35. The zero-order valence-electron chi connectivity index (χ0n) is 18.2. The molecule has 1 amide bonds. The van der Waals surface area contributed by atoms with E-state index in [9.17, 15) is 9.59 Å². The number of amides is 1. The van der Waals surface area contributed by atoms with Crippen molar-refractivity contribution in [1.29, 1.82) is 0 Å². The highest BCUT2D eigenvalue weighted by Crippen LogP contribution is 2.21. The zero-order valence-corrected chi connectivity index (χ0v) is 18.2. The Morgan fingerprint density at radius 3 is 2.30 bits per heavy atom. The second kappa shape index (κ2) is 9.82. The van der Waals surface area contributed by atoms with Gasteiger partial charge in [-0.2, -0.15) is 0 Å². The quantitative estimate of drug-likeness (QED) is 0.307. The molecule has 0 fully saturated rings. The lowest BCUT2D eigenvalue weighted by Crippen LogP contribution is -2.12. The van der Waals surface area contributed by atoms with E-state index in [1.165, 1.54) is 0 Å². The minimum absolute atomic E-state index is 0.214. The second-order valence-corrected chi connectivity index (χ2v) is 7.35. The molecular weight excluding hydrogens is 420 g/mol. The van der Waals surface area contributed by atoms with Gasteiger partial charge in [0.2, 0.25) is 0 Å². The molecular formula is C26H22N2O5.